The molecule has 0 aliphatic carbocycles. The summed E-state index contributed by atoms with van der Waals surface area (Å²) in [5.74, 6) is 0.659. The van der Waals surface area contributed by atoms with Gasteiger partial charge in [-0.15, -0.1) is 0 Å². The minimum atomic E-state index is -0.136. The molecule has 24 heavy (non-hydrogen) atoms. The van der Waals surface area contributed by atoms with Gasteiger partial charge in [0, 0.05) is 44.1 Å². The standard InChI is InChI=1S/C17H22N4O3/c1-13(8-15-10-18-2-3-19-15)20-17(22)14-9-16(24-12-14)11-21-4-6-23-7-5-21/h2-3,9-10,12-13H,4-8,11H2,1H3,(H,20,22). The van der Waals surface area contributed by atoms with Gasteiger partial charge in [-0.05, 0) is 13.0 Å². The highest BCUT2D eigenvalue weighted by molar-refractivity contribution is 5.94. The van der Waals surface area contributed by atoms with Crippen LogP contribution in [0.5, 0.6) is 0 Å². The maximum absolute atomic E-state index is 12.3. The largest absolute Gasteiger partial charge is 0.467 e. The second-order valence-electron chi connectivity index (χ2n) is 5.97. The lowest BCUT2D eigenvalue weighted by atomic mass is 10.1. The third kappa shape index (κ3) is 4.62. The van der Waals surface area contributed by atoms with Crippen LogP contribution in [0, 0.1) is 0 Å². The first-order valence-electron chi connectivity index (χ1n) is 8.14. The fourth-order valence-electron chi connectivity index (χ4n) is 2.67. The number of carbonyl (C=O) groups excluding carboxylic acids is 1. The van der Waals surface area contributed by atoms with Crippen LogP contribution in [0.1, 0.15) is 28.7 Å². The molecule has 0 saturated carbocycles. The first-order valence-corrected chi connectivity index (χ1v) is 8.14. The molecule has 1 amide bonds. The average Bonchev–Trinajstić information content (AvgIpc) is 3.05. The lowest BCUT2D eigenvalue weighted by Gasteiger charge is -2.25. The van der Waals surface area contributed by atoms with Gasteiger partial charge in [-0.1, -0.05) is 0 Å². The second kappa shape index (κ2) is 8.03. The molecule has 0 aromatic carbocycles. The van der Waals surface area contributed by atoms with Crippen molar-refractivity contribution in [1.29, 1.82) is 0 Å². The molecule has 3 heterocycles. The molecule has 0 bridgehead atoms. The van der Waals surface area contributed by atoms with Crippen molar-refractivity contribution in [2.75, 3.05) is 26.3 Å². The first-order chi connectivity index (χ1) is 11.7. The van der Waals surface area contributed by atoms with E-state index in [0.717, 1.165) is 37.8 Å². The van der Waals surface area contributed by atoms with E-state index in [-0.39, 0.29) is 11.9 Å². The minimum Gasteiger partial charge on any atom is -0.467 e. The van der Waals surface area contributed by atoms with Crippen molar-refractivity contribution in [1.82, 2.24) is 20.2 Å². The number of furan rings is 1. The highest BCUT2D eigenvalue weighted by atomic mass is 16.5. The number of nitrogens with one attached hydrogen (secondary N) is 1. The van der Waals surface area contributed by atoms with E-state index in [1.54, 1.807) is 24.7 Å². The van der Waals surface area contributed by atoms with Crippen LogP contribution < -0.4 is 5.32 Å². The lowest BCUT2D eigenvalue weighted by molar-refractivity contribution is 0.0313. The molecule has 7 nitrogen and oxygen atoms in total. The summed E-state index contributed by atoms with van der Waals surface area (Å²) in [5.41, 5.74) is 1.40. The Morgan fingerprint density at radius 2 is 2.21 bits per heavy atom. The van der Waals surface area contributed by atoms with Crippen molar-refractivity contribution in [2.24, 2.45) is 0 Å². The Morgan fingerprint density at radius 3 is 2.96 bits per heavy atom. The van der Waals surface area contributed by atoms with Gasteiger partial charge in [0.2, 0.25) is 0 Å². The SMILES string of the molecule is CC(Cc1cnccn1)NC(=O)c1coc(CN2CCOCC2)c1. The van der Waals surface area contributed by atoms with Gasteiger partial charge in [0.05, 0.1) is 31.0 Å². The molecule has 1 saturated heterocycles. The molecule has 1 N–H and O–H groups in total. The van der Waals surface area contributed by atoms with E-state index in [9.17, 15) is 4.79 Å². The van der Waals surface area contributed by atoms with E-state index in [2.05, 4.69) is 20.2 Å². The summed E-state index contributed by atoms with van der Waals surface area (Å²) in [4.78, 5) is 22.8. The first kappa shape index (κ1) is 16.6. The van der Waals surface area contributed by atoms with Gasteiger partial charge < -0.3 is 14.5 Å². The molecule has 128 valence electrons. The van der Waals surface area contributed by atoms with E-state index in [1.165, 1.54) is 6.26 Å². The summed E-state index contributed by atoms with van der Waals surface area (Å²) >= 11 is 0. The van der Waals surface area contributed by atoms with Crippen LogP contribution in [0.2, 0.25) is 0 Å². The normalized spacial score (nSPS) is 16.7. The van der Waals surface area contributed by atoms with Crippen molar-refractivity contribution < 1.29 is 13.9 Å². The second-order valence-corrected chi connectivity index (χ2v) is 5.97. The summed E-state index contributed by atoms with van der Waals surface area (Å²) in [6.45, 7) is 5.91. The predicted octanol–water partition coefficient (Wildman–Crippen LogP) is 1.26. The minimum absolute atomic E-state index is 0.0354. The Morgan fingerprint density at radius 1 is 1.38 bits per heavy atom. The van der Waals surface area contributed by atoms with Gasteiger partial charge in [-0.2, -0.15) is 0 Å². The van der Waals surface area contributed by atoms with Gasteiger partial charge in [0.25, 0.3) is 5.91 Å². The molecular weight excluding hydrogens is 308 g/mol. The van der Waals surface area contributed by atoms with E-state index in [4.69, 9.17) is 9.15 Å². The Labute approximate surface area is 141 Å². The molecular formula is C17H22N4O3. The number of aromatic nitrogens is 2. The Bertz CT molecular complexity index is 653. The smallest absolute Gasteiger partial charge is 0.254 e. The van der Waals surface area contributed by atoms with Crippen molar-refractivity contribution in [3.05, 3.63) is 47.9 Å². The van der Waals surface area contributed by atoms with Crippen molar-refractivity contribution in [3.8, 4) is 0 Å². The zero-order chi connectivity index (χ0) is 16.8. The fraction of sp³-hybridized carbons (Fsp3) is 0.471. The summed E-state index contributed by atoms with van der Waals surface area (Å²) in [7, 11) is 0. The van der Waals surface area contributed by atoms with Crippen LogP contribution >= 0.6 is 0 Å². The number of hydrogen-bond donors (Lipinski definition) is 1. The highest BCUT2D eigenvalue weighted by Gasteiger charge is 2.16. The quantitative estimate of drug-likeness (QED) is 0.859. The molecule has 3 rings (SSSR count). The zero-order valence-electron chi connectivity index (χ0n) is 13.8. The molecule has 0 spiro atoms. The Hall–Kier alpha value is -2.25. The number of nitrogens with zero attached hydrogens (tertiary/aromatic N) is 3. The lowest BCUT2D eigenvalue weighted by Crippen LogP contribution is -2.35. The van der Waals surface area contributed by atoms with Crippen molar-refractivity contribution in [3.63, 3.8) is 0 Å². The van der Waals surface area contributed by atoms with Gasteiger partial charge >= 0.3 is 0 Å². The van der Waals surface area contributed by atoms with E-state index < -0.39 is 0 Å². The van der Waals surface area contributed by atoms with Gasteiger partial charge in [-0.3, -0.25) is 19.7 Å². The molecule has 0 radical (unpaired) electrons. The van der Waals surface area contributed by atoms with Crippen LogP contribution in [0.25, 0.3) is 0 Å². The number of hydrogen-bond acceptors (Lipinski definition) is 6. The molecule has 1 atom stereocenters. The van der Waals surface area contributed by atoms with Gasteiger partial charge in [-0.25, -0.2) is 0 Å². The van der Waals surface area contributed by atoms with Crippen LogP contribution in [-0.4, -0.2) is 53.1 Å². The third-order valence-corrected chi connectivity index (χ3v) is 3.91. The summed E-state index contributed by atoms with van der Waals surface area (Å²) in [5, 5.41) is 2.96. The zero-order valence-corrected chi connectivity index (χ0v) is 13.8. The maximum Gasteiger partial charge on any atom is 0.254 e. The van der Waals surface area contributed by atoms with Gasteiger partial charge in [0.1, 0.15) is 12.0 Å². The molecule has 2 aromatic heterocycles. The Balaban J connectivity index is 1.51. The average molecular weight is 330 g/mol. The molecule has 1 fully saturated rings. The van der Waals surface area contributed by atoms with E-state index in [1.807, 2.05) is 6.92 Å². The molecule has 1 aliphatic rings. The predicted molar refractivity (Wildman–Crippen MR) is 87.5 cm³/mol. The molecule has 2 aromatic rings. The van der Waals surface area contributed by atoms with Crippen molar-refractivity contribution >= 4 is 5.91 Å². The summed E-state index contributed by atoms with van der Waals surface area (Å²) in [6, 6.07) is 1.77. The number of rotatable bonds is 6. The van der Waals surface area contributed by atoms with Crippen LogP contribution in [-0.2, 0) is 17.7 Å². The summed E-state index contributed by atoms with van der Waals surface area (Å²) in [6.07, 6.45) is 7.14. The van der Waals surface area contributed by atoms with E-state index in [0.29, 0.717) is 18.5 Å². The molecule has 1 unspecified atom stereocenters. The van der Waals surface area contributed by atoms with E-state index >= 15 is 0 Å². The Kier molecular flexibility index (Phi) is 5.55. The van der Waals surface area contributed by atoms with Crippen molar-refractivity contribution in [2.45, 2.75) is 25.9 Å². The summed E-state index contributed by atoms with van der Waals surface area (Å²) < 4.78 is 10.9. The maximum atomic E-state index is 12.3. The fourth-order valence-corrected chi connectivity index (χ4v) is 2.67. The van der Waals surface area contributed by atoms with Crippen LogP contribution in [0.3, 0.4) is 0 Å². The number of carbonyl (C=O) groups is 1. The number of morpholine rings is 1. The number of amides is 1. The number of ether oxygens (including phenoxy) is 1. The third-order valence-electron chi connectivity index (χ3n) is 3.91. The molecule has 7 heteroatoms. The van der Waals surface area contributed by atoms with Gasteiger partial charge in [0.15, 0.2) is 0 Å². The van der Waals surface area contributed by atoms with Crippen LogP contribution in [0.4, 0.5) is 0 Å². The molecule has 1 aliphatic heterocycles. The van der Waals surface area contributed by atoms with Crippen LogP contribution in [0.15, 0.2) is 35.3 Å². The highest BCUT2D eigenvalue weighted by Crippen LogP contribution is 2.12. The monoisotopic (exact) mass is 330 g/mol. The topological polar surface area (TPSA) is 80.5 Å².